The summed E-state index contributed by atoms with van der Waals surface area (Å²) in [5.41, 5.74) is 3.24. The van der Waals surface area contributed by atoms with E-state index < -0.39 is 5.60 Å². The van der Waals surface area contributed by atoms with Crippen LogP contribution in [0.3, 0.4) is 0 Å². The van der Waals surface area contributed by atoms with Crippen molar-refractivity contribution in [2.24, 2.45) is 0 Å². The number of benzene rings is 2. The highest BCUT2D eigenvalue weighted by Crippen LogP contribution is 2.33. The van der Waals surface area contributed by atoms with Crippen LogP contribution >= 0.6 is 11.6 Å². The summed E-state index contributed by atoms with van der Waals surface area (Å²) in [6.07, 6.45) is 8.12. The molecule has 4 nitrogen and oxygen atoms in total. The fourth-order valence-corrected chi connectivity index (χ4v) is 4.31. The lowest BCUT2D eigenvalue weighted by molar-refractivity contribution is -0.0254. The van der Waals surface area contributed by atoms with E-state index in [-0.39, 0.29) is 5.75 Å². The van der Waals surface area contributed by atoms with Gasteiger partial charge in [0.1, 0.15) is 5.75 Å². The largest absolute Gasteiger partial charge is 0.508 e. The molecule has 1 aliphatic heterocycles. The molecule has 1 saturated heterocycles. The summed E-state index contributed by atoms with van der Waals surface area (Å²) < 4.78 is 0. The number of hydrogen-bond acceptors (Lipinski definition) is 4. The number of aliphatic hydroxyl groups is 1. The number of hydrogen-bond donors (Lipinski definition) is 2. The number of aromatic nitrogens is 1. The van der Waals surface area contributed by atoms with Gasteiger partial charge in [-0.3, -0.25) is 4.98 Å². The number of phenols is 1. The summed E-state index contributed by atoms with van der Waals surface area (Å²) in [4.78, 5) is 6.64. The number of halogens is 1. The SMILES string of the molecule is Oc1cccc(/C(=C/CCN2CCC(O)(c3ccc(Cl)cc3)CC2)c2cccnc2)c1. The average Bonchev–Trinajstić information content (AvgIpc) is 2.79. The first-order valence-electron chi connectivity index (χ1n) is 10.6. The molecule has 3 aromatic rings. The molecule has 0 aliphatic carbocycles. The maximum atomic E-state index is 11.1. The lowest BCUT2D eigenvalue weighted by atomic mass is 9.84. The van der Waals surface area contributed by atoms with Crippen molar-refractivity contribution < 1.29 is 10.2 Å². The second-order valence-corrected chi connectivity index (χ2v) is 8.52. The Balaban J connectivity index is 1.41. The summed E-state index contributed by atoms with van der Waals surface area (Å²) in [5.74, 6) is 0.254. The van der Waals surface area contributed by atoms with Crippen molar-refractivity contribution in [1.82, 2.24) is 9.88 Å². The average molecular weight is 435 g/mol. The van der Waals surface area contributed by atoms with Gasteiger partial charge in [0.25, 0.3) is 0 Å². The molecule has 4 rings (SSSR count). The Morgan fingerprint density at radius 2 is 1.77 bits per heavy atom. The van der Waals surface area contributed by atoms with E-state index in [9.17, 15) is 10.2 Å². The van der Waals surface area contributed by atoms with Crippen molar-refractivity contribution in [2.75, 3.05) is 19.6 Å². The maximum Gasteiger partial charge on any atom is 0.116 e. The van der Waals surface area contributed by atoms with Crippen molar-refractivity contribution in [3.05, 3.63) is 101 Å². The van der Waals surface area contributed by atoms with Gasteiger partial charge in [-0.1, -0.05) is 48.0 Å². The van der Waals surface area contributed by atoms with E-state index in [1.54, 1.807) is 18.3 Å². The van der Waals surface area contributed by atoms with Gasteiger partial charge in [0.15, 0.2) is 0 Å². The van der Waals surface area contributed by atoms with Crippen LogP contribution in [0.4, 0.5) is 0 Å². The molecule has 1 aromatic heterocycles. The van der Waals surface area contributed by atoms with Crippen LogP contribution in [0.5, 0.6) is 5.75 Å². The van der Waals surface area contributed by atoms with Crippen LogP contribution in [-0.2, 0) is 5.60 Å². The fraction of sp³-hybridized carbons (Fsp3) is 0.269. The van der Waals surface area contributed by atoms with Crippen LogP contribution in [-0.4, -0.2) is 39.7 Å². The number of piperidine rings is 1. The van der Waals surface area contributed by atoms with Gasteiger partial charge in [-0.25, -0.2) is 0 Å². The molecule has 0 atom stereocenters. The smallest absolute Gasteiger partial charge is 0.116 e. The van der Waals surface area contributed by atoms with E-state index in [0.717, 1.165) is 48.3 Å². The van der Waals surface area contributed by atoms with E-state index in [1.165, 1.54) is 0 Å². The third-order valence-corrected chi connectivity index (χ3v) is 6.24. The summed E-state index contributed by atoms with van der Waals surface area (Å²) in [6.45, 7) is 2.61. The highest BCUT2D eigenvalue weighted by molar-refractivity contribution is 6.30. The number of pyridine rings is 1. The summed E-state index contributed by atoms with van der Waals surface area (Å²) in [5, 5.41) is 21.7. The van der Waals surface area contributed by atoms with Crippen molar-refractivity contribution >= 4 is 17.2 Å². The third kappa shape index (κ3) is 5.34. The third-order valence-electron chi connectivity index (χ3n) is 5.99. The summed E-state index contributed by atoms with van der Waals surface area (Å²) in [7, 11) is 0. The molecule has 1 fully saturated rings. The molecule has 0 spiro atoms. The molecule has 2 heterocycles. The van der Waals surface area contributed by atoms with Crippen LogP contribution in [0, 0.1) is 0 Å². The Morgan fingerprint density at radius 1 is 1.03 bits per heavy atom. The highest BCUT2D eigenvalue weighted by atomic mass is 35.5. The van der Waals surface area contributed by atoms with Gasteiger partial charge in [0.05, 0.1) is 5.60 Å². The first kappa shape index (κ1) is 21.6. The molecule has 0 bridgehead atoms. The molecule has 2 aromatic carbocycles. The lowest BCUT2D eigenvalue weighted by Crippen LogP contribution is -2.42. The molecule has 31 heavy (non-hydrogen) atoms. The van der Waals surface area contributed by atoms with E-state index >= 15 is 0 Å². The van der Waals surface area contributed by atoms with Crippen molar-refractivity contribution in [1.29, 1.82) is 0 Å². The normalized spacial score (nSPS) is 16.9. The van der Waals surface area contributed by atoms with Crippen molar-refractivity contribution in [2.45, 2.75) is 24.9 Å². The number of phenolic OH excluding ortho intramolecular Hbond substituents is 1. The number of aromatic hydroxyl groups is 1. The van der Waals surface area contributed by atoms with Gasteiger partial charge < -0.3 is 15.1 Å². The Labute approximate surface area is 188 Å². The Morgan fingerprint density at radius 3 is 2.45 bits per heavy atom. The monoisotopic (exact) mass is 434 g/mol. The highest BCUT2D eigenvalue weighted by Gasteiger charge is 2.33. The zero-order valence-electron chi connectivity index (χ0n) is 17.4. The van der Waals surface area contributed by atoms with E-state index in [2.05, 4.69) is 16.0 Å². The molecule has 0 unspecified atom stereocenters. The minimum Gasteiger partial charge on any atom is -0.508 e. The zero-order valence-corrected chi connectivity index (χ0v) is 18.2. The minimum absolute atomic E-state index is 0.254. The molecule has 0 radical (unpaired) electrons. The van der Waals surface area contributed by atoms with Gasteiger partial charge >= 0.3 is 0 Å². The van der Waals surface area contributed by atoms with Gasteiger partial charge in [-0.2, -0.15) is 0 Å². The van der Waals surface area contributed by atoms with Crippen molar-refractivity contribution in [3.8, 4) is 5.75 Å². The van der Waals surface area contributed by atoms with Gasteiger partial charge in [0.2, 0.25) is 0 Å². The van der Waals surface area contributed by atoms with Crippen LogP contribution < -0.4 is 0 Å². The molecule has 0 saturated carbocycles. The first-order valence-corrected chi connectivity index (χ1v) is 11.0. The van der Waals surface area contributed by atoms with E-state index in [1.807, 2.05) is 54.7 Å². The standard InChI is InChI=1S/C26H27ClN2O2/c27-23-10-8-22(9-11-23)26(31)12-16-29(17-13-26)15-3-7-25(21-5-2-14-28-19-21)20-4-1-6-24(30)18-20/h1-2,4-11,14,18-19,30-31H,3,12-13,15-17H2/b25-7-. The summed E-state index contributed by atoms with van der Waals surface area (Å²) >= 11 is 5.99. The lowest BCUT2D eigenvalue weighted by Gasteiger charge is -2.38. The number of nitrogens with zero attached hydrogens (tertiary/aromatic N) is 2. The van der Waals surface area contributed by atoms with Crippen LogP contribution in [0.25, 0.3) is 5.57 Å². The van der Waals surface area contributed by atoms with E-state index in [4.69, 9.17) is 11.6 Å². The van der Waals surface area contributed by atoms with Gasteiger partial charge in [-0.05, 0) is 66.3 Å². The minimum atomic E-state index is -0.778. The molecule has 5 heteroatoms. The molecule has 2 N–H and O–H groups in total. The predicted octanol–water partition coefficient (Wildman–Crippen LogP) is 5.25. The Hall–Kier alpha value is -2.66. The fourth-order valence-electron chi connectivity index (χ4n) is 4.18. The molecule has 160 valence electrons. The molecule has 0 amide bonds. The summed E-state index contributed by atoms with van der Waals surface area (Å²) in [6, 6.07) is 18.8. The molecule has 1 aliphatic rings. The number of rotatable bonds is 6. The Kier molecular flexibility index (Phi) is 6.71. The first-order chi connectivity index (χ1) is 15.0. The molecular weight excluding hydrogens is 408 g/mol. The predicted molar refractivity (Wildman–Crippen MR) is 125 cm³/mol. The zero-order chi connectivity index (χ0) is 21.7. The van der Waals surface area contributed by atoms with Crippen LogP contribution in [0.2, 0.25) is 5.02 Å². The molecular formula is C26H27ClN2O2. The Bertz CT molecular complexity index is 1030. The van der Waals surface area contributed by atoms with Crippen LogP contribution in [0.1, 0.15) is 36.0 Å². The second-order valence-electron chi connectivity index (χ2n) is 8.08. The van der Waals surface area contributed by atoms with Crippen molar-refractivity contribution in [3.63, 3.8) is 0 Å². The van der Waals surface area contributed by atoms with E-state index in [0.29, 0.717) is 17.9 Å². The quantitative estimate of drug-likeness (QED) is 0.556. The topological polar surface area (TPSA) is 56.6 Å². The second kappa shape index (κ2) is 9.65. The number of likely N-dealkylation sites (tertiary alicyclic amines) is 1. The van der Waals surface area contributed by atoms with Gasteiger partial charge in [0, 0.05) is 42.6 Å². The van der Waals surface area contributed by atoms with Gasteiger partial charge in [-0.15, -0.1) is 0 Å². The maximum absolute atomic E-state index is 11.1. The van der Waals surface area contributed by atoms with Crippen LogP contribution in [0.15, 0.2) is 79.1 Å².